The molecule has 152 valence electrons. The lowest BCUT2D eigenvalue weighted by Gasteiger charge is -2.27. The Balaban J connectivity index is 1.35. The smallest absolute Gasteiger partial charge is 0.414 e. The van der Waals surface area contributed by atoms with E-state index >= 15 is 0 Å². The van der Waals surface area contributed by atoms with Gasteiger partial charge in [-0.25, -0.2) is 4.79 Å². The van der Waals surface area contributed by atoms with Crippen molar-refractivity contribution in [3.05, 3.63) is 45.6 Å². The van der Waals surface area contributed by atoms with Crippen LogP contribution in [0.4, 0.5) is 16.2 Å². The number of nitrogens with zero attached hydrogens (tertiary/aromatic N) is 2. The van der Waals surface area contributed by atoms with Gasteiger partial charge in [-0.3, -0.25) is 14.5 Å². The molecule has 0 radical (unpaired) electrons. The minimum absolute atomic E-state index is 0.00377. The molecular formula is C20H19ClN2O5S. The molecule has 3 heterocycles. The molecule has 9 heteroatoms. The Labute approximate surface area is 176 Å². The van der Waals surface area contributed by atoms with E-state index in [1.54, 1.807) is 34.1 Å². The van der Waals surface area contributed by atoms with E-state index in [4.69, 9.17) is 21.1 Å². The van der Waals surface area contributed by atoms with Gasteiger partial charge in [-0.1, -0.05) is 11.6 Å². The van der Waals surface area contributed by atoms with Crippen molar-refractivity contribution in [3.8, 4) is 0 Å². The number of carbonyl (C=O) groups is 3. The molecule has 0 spiro atoms. The summed E-state index contributed by atoms with van der Waals surface area (Å²) in [6.45, 7) is 1.48. The van der Waals surface area contributed by atoms with Gasteiger partial charge in [0.1, 0.15) is 12.7 Å². The van der Waals surface area contributed by atoms with Crippen molar-refractivity contribution < 1.29 is 23.9 Å². The van der Waals surface area contributed by atoms with Gasteiger partial charge in [-0.2, -0.15) is 0 Å². The van der Waals surface area contributed by atoms with Gasteiger partial charge < -0.3 is 14.4 Å². The van der Waals surface area contributed by atoms with E-state index in [9.17, 15) is 14.4 Å². The second kappa shape index (κ2) is 8.52. The van der Waals surface area contributed by atoms with E-state index in [0.29, 0.717) is 47.4 Å². The maximum Gasteiger partial charge on any atom is 0.414 e. The van der Waals surface area contributed by atoms with Crippen molar-refractivity contribution in [2.45, 2.75) is 18.9 Å². The van der Waals surface area contributed by atoms with Crippen LogP contribution in [0.5, 0.6) is 0 Å². The molecule has 2 saturated heterocycles. The number of cyclic esters (lactones) is 1. The predicted octanol–water partition coefficient (Wildman–Crippen LogP) is 3.75. The molecule has 0 bridgehead atoms. The number of ether oxygens (including phenoxy) is 2. The molecule has 2 aromatic rings. The fourth-order valence-corrected chi connectivity index (χ4v) is 4.38. The monoisotopic (exact) mass is 434 g/mol. The number of anilines is 2. The van der Waals surface area contributed by atoms with Gasteiger partial charge in [0.25, 0.3) is 5.91 Å². The zero-order valence-electron chi connectivity index (χ0n) is 15.5. The molecule has 2 fully saturated rings. The van der Waals surface area contributed by atoms with Crippen LogP contribution < -0.4 is 9.80 Å². The van der Waals surface area contributed by atoms with Crippen LogP contribution in [0, 0.1) is 0 Å². The number of Topliss-reactive ketones (excluding diaryl/α,β-unsaturated/α-hetero) is 1. The van der Waals surface area contributed by atoms with Gasteiger partial charge in [0, 0.05) is 24.3 Å². The van der Waals surface area contributed by atoms with Gasteiger partial charge in [0.05, 0.1) is 22.4 Å². The number of rotatable bonds is 6. The first-order valence-electron chi connectivity index (χ1n) is 9.26. The molecule has 1 atom stereocenters. The molecule has 2 aliphatic rings. The zero-order chi connectivity index (χ0) is 20.4. The highest BCUT2D eigenvalue weighted by Crippen LogP contribution is 2.28. The Hall–Kier alpha value is -2.42. The van der Waals surface area contributed by atoms with Crippen LogP contribution >= 0.6 is 22.9 Å². The van der Waals surface area contributed by atoms with Crippen molar-refractivity contribution in [2.24, 2.45) is 0 Å². The number of carbonyl (C=O) groups excluding carboxylic acids is 3. The Morgan fingerprint density at radius 2 is 1.83 bits per heavy atom. The number of hydrogen-bond acceptors (Lipinski definition) is 6. The summed E-state index contributed by atoms with van der Waals surface area (Å²) in [5, 5.41) is 0. The lowest BCUT2D eigenvalue weighted by Crippen LogP contribution is -2.41. The number of morpholine rings is 1. The lowest BCUT2D eigenvalue weighted by atomic mass is 10.1. The lowest BCUT2D eigenvalue weighted by molar-refractivity contribution is -0.125. The van der Waals surface area contributed by atoms with Crippen molar-refractivity contribution in [2.75, 3.05) is 36.1 Å². The van der Waals surface area contributed by atoms with Crippen LogP contribution in [0.3, 0.4) is 0 Å². The summed E-state index contributed by atoms with van der Waals surface area (Å²) in [6.07, 6.45) is -0.0308. The molecule has 4 rings (SSSR count). The van der Waals surface area contributed by atoms with Crippen molar-refractivity contribution in [3.63, 3.8) is 0 Å². The van der Waals surface area contributed by atoms with Crippen LogP contribution in [0.2, 0.25) is 4.34 Å². The van der Waals surface area contributed by atoms with E-state index in [1.165, 1.54) is 11.3 Å². The highest BCUT2D eigenvalue weighted by molar-refractivity contribution is 7.18. The second-order valence-electron chi connectivity index (χ2n) is 6.80. The van der Waals surface area contributed by atoms with Gasteiger partial charge >= 0.3 is 6.09 Å². The third-order valence-electron chi connectivity index (χ3n) is 4.87. The highest BCUT2D eigenvalue weighted by Gasteiger charge is 2.32. The maximum atomic E-state index is 12.3. The Kier molecular flexibility index (Phi) is 5.84. The average molecular weight is 435 g/mol. The first-order chi connectivity index (χ1) is 14.0. The average Bonchev–Trinajstić information content (AvgIpc) is 3.32. The Morgan fingerprint density at radius 1 is 1.10 bits per heavy atom. The van der Waals surface area contributed by atoms with Crippen LogP contribution in [0.1, 0.15) is 22.5 Å². The first-order valence-corrected chi connectivity index (χ1v) is 10.5. The third kappa shape index (κ3) is 4.44. The quantitative estimate of drug-likeness (QED) is 0.647. The van der Waals surface area contributed by atoms with Crippen molar-refractivity contribution >= 4 is 52.1 Å². The fourth-order valence-electron chi connectivity index (χ4n) is 3.37. The van der Waals surface area contributed by atoms with Crippen LogP contribution in [0.25, 0.3) is 0 Å². The Bertz CT molecular complexity index is 929. The van der Waals surface area contributed by atoms with Crippen molar-refractivity contribution in [1.29, 1.82) is 0 Å². The minimum atomic E-state index is -0.434. The summed E-state index contributed by atoms with van der Waals surface area (Å²) >= 11 is 7.12. The molecule has 0 saturated carbocycles. The largest absolute Gasteiger partial charge is 0.444 e. The SMILES string of the molecule is O=C(CC[C@H]1CN(c2ccc(N3CCOCC3=O)cc2)C(=O)O1)c1ccc(Cl)s1. The molecule has 29 heavy (non-hydrogen) atoms. The van der Waals surface area contributed by atoms with E-state index < -0.39 is 6.09 Å². The minimum Gasteiger partial charge on any atom is -0.444 e. The topological polar surface area (TPSA) is 76.2 Å². The summed E-state index contributed by atoms with van der Waals surface area (Å²) in [4.78, 5) is 40.3. The van der Waals surface area contributed by atoms with Crippen LogP contribution in [0.15, 0.2) is 36.4 Å². The summed E-state index contributed by atoms with van der Waals surface area (Å²) in [6, 6.07) is 10.6. The molecule has 2 aliphatic heterocycles. The normalized spacial score (nSPS) is 19.6. The fraction of sp³-hybridized carbons (Fsp3) is 0.350. The number of benzene rings is 1. The number of amides is 2. The molecule has 0 unspecified atom stereocenters. The molecule has 0 aliphatic carbocycles. The summed E-state index contributed by atoms with van der Waals surface area (Å²) < 4.78 is 11.1. The first kappa shape index (κ1) is 19.9. The molecule has 0 N–H and O–H groups in total. The predicted molar refractivity (Wildman–Crippen MR) is 110 cm³/mol. The Morgan fingerprint density at radius 3 is 2.48 bits per heavy atom. The standard InChI is InChI=1S/C20H19ClN2O5S/c21-18-8-7-17(29-18)16(24)6-5-15-11-23(20(26)28-15)14-3-1-13(2-4-14)22-9-10-27-12-19(22)25/h1-4,7-8,15H,5-6,9-12H2/t15-/m0/s1. The van der Waals surface area contributed by atoms with Gasteiger partial charge in [0.15, 0.2) is 5.78 Å². The zero-order valence-corrected chi connectivity index (χ0v) is 17.1. The third-order valence-corrected chi connectivity index (χ3v) is 6.15. The van der Waals surface area contributed by atoms with E-state index in [0.717, 1.165) is 5.69 Å². The van der Waals surface area contributed by atoms with E-state index in [-0.39, 0.29) is 24.4 Å². The number of hydrogen-bond donors (Lipinski definition) is 0. The van der Waals surface area contributed by atoms with Crippen molar-refractivity contribution in [1.82, 2.24) is 0 Å². The number of halogens is 1. The molecule has 1 aromatic carbocycles. The van der Waals surface area contributed by atoms with Gasteiger partial charge in [-0.05, 0) is 42.8 Å². The second-order valence-corrected chi connectivity index (χ2v) is 8.51. The maximum absolute atomic E-state index is 12.3. The molecule has 2 amide bonds. The highest BCUT2D eigenvalue weighted by atomic mass is 35.5. The van der Waals surface area contributed by atoms with Crippen LogP contribution in [-0.4, -0.2) is 50.2 Å². The van der Waals surface area contributed by atoms with Gasteiger partial charge in [-0.15, -0.1) is 11.3 Å². The van der Waals surface area contributed by atoms with E-state index in [2.05, 4.69) is 0 Å². The van der Waals surface area contributed by atoms with E-state index in [1.807, 2.05) is 12.1 Å². The number of ketones is 1. The molecule has 1 aromatic heterocycles. The van der Waals surface area contributed by atoms with Gasteiger partial charge in [0.2, 0.25) is 0 Å². The number of thiophene rings is 1. The molecule has 7 nitrogen and oxygen atoms in total. The summed E-state index contributed by atoms with van der Waals surface area (Å²) in [7, 11) is 0. The van der Waals surface area contributed by atoms with Crippen LogP contribution in [-0.2, 0) is 14.3 Å². The summed E-state index contributed by atoms with van der Waals surface area (Å²) in [5.41, 5.74) is 1.46. The molecular weight excluding hydrogens is 416 g/mol. The summed E-state index contributed by atoms with van der Waals surface area (Å²) in [5.74, 6) is -0.0859.